The van der Waals surface area contributed by atoms with Gasteiger partial charge in [0.05, 0.1) is 56.7 Å². The molecule has 1 unspecified atom stereocenters. The van der Waals surface area contributed by atoms with Crippen LogP contribution in [0.2, 0.25) is 0 Å². The highest BCUT2D eigenvalue weighted by Crippen LogP contribution is 2.50. The van der Waals surface area contributed by atoms with E-state index in [2.05, 4.69) is 50.7 Å². The molecule has 1 amide bonds. The molecule has 1 aromatic carbocycles. The molecular formula is C34H39B2N9O3. The van der Waals surface area contributed by atoms with E-state index in [1.807, 2.05) is 23.2 Å². The molecule has 3 fully saturated rings. The average Bonchev–Trinajstić information content (AvgIpc) is 3.99. The number of nitrogens with two attached hydrogens (primary N) is 1. The molecular weight excluding hydrogens is 604 g/mol. The first kappa shape index (κ1) is 32.0. The standard InChI is InChI=1S/C34H39B2N9O3/c1-3-28-32-26(15-38-45(32)24-16-44(17-24)34(35,36)29-9-4-6-22(18-46)40-29)25-7-5-8-27(31(25)43(28)2)39-23(19-48-42-21-12-13-21)14-30(37)41-33(47)20-10-11-20/h4-9,14-15,18-21,24,28,39,42H,3,10-13,16-17,37H2,1-2H3,(H,41,47)/b23-19-,30-14+. The van der Waals surface area contributed by atoms with Crippen LogP contribution < -0.4 is 26.7 Å². The predicted octanol–water partition coefficient (Wildman–Crippen LogP) is 2.93. The summed E-state index contributed by atoms with van der Waals surface area (Å²) in [4.78, 5) is 37.9. The first-order chi connectivity index (χ1) is 23.2. The predicted molar refractivity (Wildman–Crippen MR) is 185 cm³/mol. The summed E-state index contributed by atoms with van der Waals surface area (Å²) >= 11 is 0. The number of amides is 1. The van der Waals surface area contributed by atoms with Crippen LogP contribution in [0.25, 0.3) is 11.1 Å². The Hall–Kier alpha value is -4.55. The molecule has 1 saturated heterocycles. The van der Waals surface area contributed by atoms with Gasteiger partial charge in [0.2, 0.25) is 5.91 Å². The van der Waals surface area contributed by atoms with Crippen LogP contribution in [-0.2, 0) is 15.0 Å². The largest absolute Gasteiger partial charge is 0.414 e. The number of aromatic nitrogens is 3. The summed E-state index contributed by atoms with van der Waals surface area (Å²) in [5.74, 6) is 0.221. The number of para-hydroxylation sites is 1. The van der Waals surface area contributed by atoms with Crippen LogP contribution in [0.5, 0.6) is 0 Å². The molecule has 2 aromatic heterocycles. The minimum Gasteiger partial charge on any atom is -0.414 e. The van der Waals surface area contributed by atoms with Crippen LogP contribution in [0.3, 0.4) is 0 Å². The number of nitrogens with zero attached hydrogens (tertiary/aromatic N) is 5. The molecule has 0 bridgehead atoms. The lowest BCUT2D eigenvalue weighted by atomic mass is 9.57. The van der Waals surface area contributed by atoms with Crippen molar-refractivity contribution >= 4 is 39.3 Å². The number of benzene rings is 1. The lowest BCUT2D eigenvalue weighted by Crippen LogP contribution is -2.60. The van der Waals surface area contributed by atoms with Crippen molar-refractivity contribution in [2.24, 2.45) is 11.7 Å². The summed E-state index contributed by atoms with van der Waals surface area (Å²) in [5, 5.41) is 9.90. The van der Waals surface area contributed by atoms with E-state index in [-0.39, 0.29) is 35.4 Å². The summed E-state index contributed by atoms with van der Waals surface area (Å²) in [6.45, 7) is 3.33. The zero-order chi connectivity index (χ0) is 33.6. The molecule has 244 valence electrons. The van der Waals surface area contributed by atoms with E-state index in [1.54, 1.807) is 30.5 Å². The second-order valence-corrected chi connectivity index (χ2v) is 13.1. The first-order valence-corrected chi connectivity index (χ1v) is 16.5. The van der Waals surface area contributed by atoms with Gasteiger partial charge in [0.1, 0.15) is 17.8 Å². The quantitative estimate of drug-likeness (QED) is 0.0723. The van der Waals surface area contributed by atoms with Gasteiger partial charge in [-0.1, -0.05) is 25.1 Å². The number of hydroxylamine groups is 1. The number of pyridine rings is 1. The Bertz CT molecular complexity index is 1780. The molecule has 7 rings (SSSR count). The van der Waals surface area contributed by atoms with Crippen molar-refractivity contribution < 1.29 is 14.4 Å². The summed E-state index contributed by atoms with van der Waals surface area (Å²) in [6, 6.07) is 11.7. The van der Waals surface area contributed by atoms with E-state index in [9.17, 15) is 9.59 Å². The Morgan fingerprint density at radius 1 is 1.12 bits per heavy atom. The highest BCUT2D eigenvalue weighted by molar-refractivity contribution is 6.39. The van der Waals surface area contributed by atoms with Crippen molar-refractivity contribution in [2.45, 2.75) is 62.5 Å². The van der Waals surface area contributed by atoms with Gasteiger partial charge in [-0.05, 0) is 55.6 Å². The Balaban J connectivity index is 1.15. The molecule has 3 aromatic rings. The van der Waals surface area contributed by atoms with Gasteiger partial charge in [-0.2, -0.15) is 10.6 Å². The van der Waals surface area contributed by atoms with Crippen molar-refractivity contribution in [3.63, 3.8) is 0 Å². The van der Waals surface area contributed by atoms with E-state index in [1.165, 1.54) is 0 Å². The fraction of sp³-hybridized carbons (Fsp3) is 0.412. The maximum atomic E-state index is 12.4. The molecule has 2 saturated carbocycles. The van der Waals surface area contributed by atoms with Gasteiger partial charge in [0.15, 0.2) is 6.29 Å². The molecule has 4 radical (unpaired) electrons. The fourth-order valence-electron chi connectivity index (χ4n) is 6.51. The van der Waals surface area contributed by atoms with Crippen molar-refractivity contribution in [1.82, 2.24) is 30.5 Å². The Morgan fingerprint density at radius 2 is 1.90 bits per heavy atom. The fourth-order valence-corrected chi connectivity index (χ4v) is 6.51. The van der Waals surface area contributed by atoms with E-state index in [4.69, 9.17) is 31.4 Å². The number of fused-ring (bicyclic) bond motifs is 3. The molecule has 12 nitrogen and oxygen atoms in total. The number of carbonyl (C=O) groups excluding carboxylic acids is 2. The number of anilines is 2. The minimum atomic E-state index is -1.32. The smallest absolute Gasteiger partial charge is 0.228 e. The lowest BCUT2D eigenvalue weighted by Gasteiger charge is -2.50. The molecule has 4 heterocycles. The third-order valence-corrected chi connectivity index (χ3v) is 9.52. The van der Waals surface area contributed by atoms with E-state index in [0.29, 0.717) is 36.8 Å². The molecule has 0 spiro atoms. The highest BCUT2D eigenvalue weighted by atomic mass is 16.6. The van der Waals surface area contributed by atoms with E-state index in [0.717, 1.165) is 60.3 Å². The molecule has 2 aliphatic carbocycles. The van der Waals surface area contributed by atoms with Gasteiger partial charge >= 0.3 is 0 Å². The normalized spacial score (nSPS) is 20.0. The molecule has 14 heteroatoms. The number of allylic oxidation sites excluding steroid dienone is 1. The third kappa shape index (κ3) is 6.22. The van der Waals surface area contributed by atoms with Gasteiger partial charge in [-0.25, -0.2) is 4.98 Å². The Kier molecular flexibility index (Phi) is 8.55. The summed E-state index contributed by atoms with van der Waals surface area (Å²) < 4.78 is 2.11. The number of carbonyl (C=O) groups is 2. The summed E-state index contributed by atoms with van der Waals surface area (Å²) in [5.41, 5.74) is 15.7. The average molecular weight is 643 g/mol. The highest BCUT2D eigenvalue weighted by Gasteiger charge is 2.42. The topological polar surface area (TPSA) is 143 Å². The third-order valence-electron chi connectivity index (χ3n) is 9.52. The number of hydrogen-bond acceptors (Lipinski definition) is 10. The lowest BCUT2D eigenvalue weighted by molar-refractivity contribution is -0.121. The zero-order valence-corrected chi connectivity index (χ0v) is 27.2. The molecule has 4 aliphatic rings. The van der Waals surface area contributed by atoms with Gasteiger partial charge in [-0.15, -0.1) is 0 Å². The van der Waals surface area contributed by atoms with Crippen LogP contribution >= 0.6 is 0 Å². The SMILES string of the molecule is [B]C([B])(c1cccc(C=O)n1)N1CC(n2ncc3c2C(CC)N(C)c2c(NC(=C\ONC4CC4)/C=C(\N)NC(=O)C4CC4)cccc2-3)C1. The van der Waals surface area contributed by atoms with Crippen LogP contribution in [-0.4, -0.2) is 73.7 Å². The Labute approximate surface area is 282 Å². The van der Waals surface area contributed by atoms with Crippen LogP contribution in [0.15, 0.2) is 66.5 Å². The number of likely N-dealkylation sites (tertiary alicyclic amines) is 1. The number of nitrogens with one attached hydrogen (secondary N) is 3. The van der Waals surface area contributed by atoms with E-state index < -0.39 is 5.34 Å². The van der Waals surface area contributed by atoms with Gasteiger partial charge in [-0.3, -0.25) is 14.3 Å². The number of aldehydes is 1. The molecule has 2 aliphatic heterocycles. The minimum absolute atomic E-state index is 0.0367. The molecule has 48 heavy (non-hydrogen) atoms. The zero-order valence-electron chi connectivity index (χ0n) is 27.2. The van der Waals surface area contributed by atoms with Gasteiger partial charge < -0.3 is 31.0 Å². The maximum absolute atomic E-state index is 12.4. The molecule has 5 N–H and O–H groups in total. The van der Waals surface area contributed by atoms with Crippen molar-refractivity contribution in [2.75, 3.05) is 30.4 Å². The van der Waals surface area contributed by atoms with Crippen LogP contribution in [0.4, 0.5) is 11.4 Å². The van der Waals surface area contributed by atoms with Crippen molar-refractivity contribution in [3.8, 4) is 11.1 Å². The monoisotopic (exact) mass is 643 g/mol. The maximum Gasteiger partial charge on any atom is 0.228 e. The second-order valence-electron chi connectivity index (χ2n) is 13.1. The van der Waals surface area contributed by atoms with Gasteiger partial charge in [0, 0.05) is 55.0 Å². The van der Waals surface area contributed by atoms with E-state index >= 15 is 0 Å². The second kappa shape index (κ2) is 12.8. The summed E-state index contributed by atoms with van der Waals surface area (Å²) in [7, 11) is 15.2. The van der Waals surface area contributed by atoms with Gasteiger partial charge in [0.25, 0.3) is 0 Å². The molecule has 1 atom stereocenters. The number of hydrogen-bond donors (Lipinski definition) is 4. The first-order valence-electron chi connectivity index (χ1n) is 16.5. The van der Waals surface area contributed by atoms with Crippen molar-refractivity contribution in [3.05, 3.63) is 83.5 Å². The van der Waals surface area contributed by atoms with Crippen LogP contribution in [0.1, 0.15) is 73.0 Å². The number of rotatable bonds is 13. The Morgan fingerprint density at radius 3 is 2.60 bits per heavy atom. The van der Waals surface area contributed by atoms with Crippen LogP contribution in [0, 0.1) is 5.92 Å². The summed E-state index contributed by atoms with van der Waals surface area (Å²) in [6.07, 6.45) is 10.7. The van der Waals surface area contributed by atoms with Crippen molar-refractivity contribution in [1.29, 1.82) is 0 Å².